The van der Waals surface area contributed by atoms with Crippen LogP contribution in [0, 0.1) is 12.8 Å². The average Bonchev–Trinajstić information content (AvgIpc) is 2.53. The van der Waals surface area contributed by atoms with Gasteiger partial charge in [0.05, 0.1) is 17.5 Å². The lowest BCUT2D eigenvalue weighted by Gasteiger charge is -2.27. The van der Waals surface area contributed by atoms with Crippen molar-refractivity contribution in [1.29, 1.82) is 0 Å². The predicted molar refractivity (Wildman–Crippen MR) is 92.4 cm³/mol. The maximum absolute atomic E-state index is 12.5. The van der Waals surface area contributed by atoms with Crippen molar-refractivity contribution < 1.29 is 19.1 Å². The molecule has 2 atom stereocenters. The van der Waals surface area contributed by atoms with Crippen molar-refractivity contribution in [2.24, 2.45) is 5.92 Å². The van der Waals surface area contributed by atoms with Gasteiger partial charge in [-0.2, -0.15) is 0 Å². The summed E-state index contributed by atoms with van der Waals surface area (Å²) in [5.74, 6) is -0.238. The summed E-state index contributed by atoms with van der Waals surface area (Å²) in [7, 11) is 1.34. The van der Waals surface area contributed by atoms with Crippen LogP contribution in [0.5, 0.6) is 5.75 Å². The molecule has 5 nitrogen and oxygen atoms in total. The monoisotopic (exact) mass is 385 g/mol. The molecule has 0 bridgehead atoms. The molecule has 0 spiro atoms. The summed E-state index contributed by atoms with van der Waals surface area (Å²) in [5.41, 5.74) is 1.10. The van der Waals surface area contributed by atoms with E-state index in [9.17, 15) is 9.59 Å². The fourth-order valence-corrected chi connectivity index (χ4v) is 2.77. The smallest absolute Gasteiger partial charge is 0.310 e. The quantitative estimate of drug-likeness (QED) is 0.676. The molecule has 0 aliphatic carbocycles. The Morgan fingerprint density at radius 3 is 2.48 bits per heavy atom. The van der Waals surface area contributed by atoms with E-state index in [1.165, 1.54) is 7.11 Å². The second kappa shape index (κ2) is 8.91. The zero-order chi connectivity index (χ0) is 17.6. The minimum Gasteiger partial charge on any atom is -0.480 e. The Bertz CT molecular complexity index is 562. The van der Waals surface area contributed by atoms with Crippen LogP contribution in [0.1, 0.15) is 26.3 Å². The highest BCUT2D eigenvalue weighted by molar-refractivity contribution is 9.10. The molecule has 0 N–H and O–H groups in total. The van der Waals surface area contributed by atoms with Crippen molar-refractivity contribution in [3.05, 3.63) is 28.2 Å². The van der Waals surface area contributed by atoms with E-state index >= 15 is 0 Å². The molecule has 0 aromatic heterocycles. The molecule has 0 fully saturated rings. The van der Waals surface area contributed by atoms with E-state index in [0.29, 0.717) is 18.8 Å². The van der Waals surface area contributed by atoms with Crippen LogP contribution in [-0.2, 0) is 14.3 Å². The highest BCUT2D eigenvalue weighted by atomic mass is 79.9. The minimum atomic E-state index is -0.640. The number of hydrogen-bond acceptors (Lipinski definition) is 4. The van der Waals surface area contributed by atoms with Gasteiger partial charge < -0.3 is 14.4 Å². The van der Waals surface area contributed by atoms with Gasteiger partial charge >= 0.3 is 5.97 Å². The highest BCUT2D eigenvalue weighted by Crippen LogP contribution is 2.27. The fourth-order valence-electron chi connectivity index (χ4n) is 2.18. The summed E-state index contributed by atoms with van der Waals surface area (Å²) >= 11 is 3.44. The Kier molecular flexibility index (Phi) is 7.55. The van der Waals surface area contributed by atoms with E-state index < -0.39 is 6.10 Å². The molecule has 0 aliphatic heterocycles. The maximum atomic E-state index is 12.5. The van der Waals surface area contributed by atoms with Crippen LogP contribution in [0.25, 0.3) is 0 Å². The van der Waals surface area contributed by atoms with Crippen molar-refractivity contribution >= 4 is 27.8 Å². The maximum Gasteiger partial charge on any atom is 0.310 e. The lowest BCUT2D eigenvalue weighted by atomic mass is 10.1. The topological polar surface area (TPSA) is 55.8 Å². The number of ether oxygens (including phenoxy) is 2. The van der Waals surface area contributed by atoms with Gasteiger partial charge in [-0.25, -0.2) is 0 Å². The molecular weight excluding hydrogens is 362 g/mol. The molecule has 1 amide bonds. The Morgan fingerprint density at radius 2 is 1.96 bits per heavy atom. The first-order valence-electron chi connectivity index (χ1n) is 7.59. The number of carbonyl (C=O) groups excluding carboxylic acids is 2. The molecule has 0 radical (unpaired) electrons. The standard InChI is InChI=1S/C17H24BrNO4/c1-6-19(10-12(3)17(21)22-5)16(20)13(4)23-15-8-7-11(2)9-14(15)18/h7-9,12-13H,6,10H2,1-5H3. The molecule has 23 heavy (non-hydrogen) atoms. The normalized spacial score (nSPS) is 13.1. The van der Waals surface area contributed by atoms with E-state index in [0.717, 1.165) is 10.0 Å². The Labute approximate surface area is 146 Å². The zero-order valence-electron chi connectivity index (χ0n) is 14.3. The van der Waals surface area contributed by atoms with Crippen molar-refractivity contribution in [3.8, 4) is 5.75 Å². The van der Waals surface area contributed by atoms with Gasteiger partial charge in [0.1, 0.15) is 5.75 Å². The van der Waals surface area contributed by atoms with Gasteiger partial charge in [-0.3, -0.25) is 9.59 Å². The number of methoxy groups -OCH3 is 1. The Hall–Kier alpha value is -1.56. The van der Waals surface area contributed by atoms with Crippen LogP contribution >= 0.6 is 15.9 Å². The number of likely N-dealkylation sites (N-methyl/N-ethyl adjacent to an activating group) is 1. The zero-order valence-corrected chi connectivity index (χ0v) is 15.8. The van der Waals surface area contributed by atoms with E-state index in [1.54, 1.807) is 18.7 Å². The second-order valence-electron chi connectivity index (χ2n) is 5.50. The van der Waals surface area contributed by atoms with Crippen molar-refractivity contribution in [3.63, 3.8) is 0 Å². The largest absolute Gasteiger partial charge is 0.480 e. The van der Waals surface area contributed by atoms with Crippen molar-refractivity contribution in [1.82, 2.24) is 4.90 Å². The van der Waals surface area contributed by atoms with Gasteiger partial charge in [0, 0.05) is 13.1 Å². The van der Waals surface area contributed by atoms with Gasteiger partial charge in [-0.05, 0) is 54.4 Å². The summed E-state index contributed by atoms with van der Waals surface area (Å²) in [4.78, 5) is 25.7. The summed E-state index contributed by atoms with van der Waals surface area (Å²) in [6.45, 7) is 8.12. The van der Waals surface area contributed by atoms with Crippen LogP contribution in [0.15, 0.2) is 22.7 Å². The molecular formula is C17H24BrNO4. The summed E-state index contributed by atoms with van der Waals surface area (Å²) in [6.07, 6.45) is -0.640. The summed E-state index contributed by atoms with van der Waals surface area (Å²) in [6, 6.07) is 5.69. The SMILES string of the molecule is CCN(CC(C)C(=O)OC)C(=O)C(C)Oc1ccc(C)cc1Br. The number of halogens is 1. The van der Waals surface area contributed by atoms with Gasteiger partial charge in [0.15, 0.2) is 6.10 Å². The third-order valence-electron chi connectivity index (χ3n) is 3.53. The molecule has 1 aromatic rings. The number of rotatable bonds is 7. The number of aryl methyl sites for hydroxylation is 1. The number of benzene rings is 1. The number of hydrogen-bond donors (Lipinski definition) is 0. The molecule has 0 saturated carbocycles. The lowest BCUT2D eigenvalue weighted by molar-refractivity contribution is -0.147. The summed E-state index contributed by atoms with van der Waals surface area (Å²) < 4.78 is 11.3. The van der Waals surface area contributed by atoms with E-state index in [1.807, 2.05) is 32.0 Å². The van der Waals surface area contributed by atoms with Gasteiger partial charge in [0.2, 0.25) is 0 Å². The molecule has 128 valence electrons. The van der Waals surface area contributed by atoms with E-state index in [4.69, 9.17) is 9.47 Å². The second-order valence-corrected chi connectivity index (χ2v) is 6.35. The first-order valence-corrected chi connectivity index (χ1v) is 8.38. The molecule has 6 heteroatoms. The van der Waals surface area contributed by atoms with Crippen molar-refractivity contribution in [2.75, 3.05) is 20.2 Å². The molecule has 1 rings (SSSR count). The van der Waals surface area contributed by atoms with E-state index in [-0.39, 0.29) is 17.8 Å². The minimum absolute atomic E-state index is 0.157. The van der Waals surface area contributed by atoms with Crippen LogP contribution in [0.4, 0.5) is 0 Å². The van der Waals surface area contributed by atoms with Crippen LogP contribution in [0.2, 0.25) is 0 Å². The van der Waals surface area contributed by atoms with E-state index in [2.05, 4.69) is 15.9 Å². The molecule has 0 saturated heterocycles. The van der Waals surface area contributed by atoms with Gasteiger partial charge in [-0.15, -0.1) is 0 Å². The number of nitrogens with zero attached hydrogens (tertiary/aromatic N) is 1. The molecule has 2 unspecified atom stereocenters. The molecule has 0 aliphatic rings. The number of amides is 1. The highest BCUT2D eigenvalue weighted by Gasteiger charge is 2.25. The summed E-state index contributed by atoms with van der Waals surface area (Å²) in [5, 5.41) is 0. The molecule has 1 aromatic carbocycles. The van der Waals surface area contributed by atoms with Gasteiger partial charge in [0.25, 0.3) is 5.91 Å². The number of carbonyl (C=O) groups is 2. The van der Waals surface area contributed by atoms with Crippen LogP contribution < -0.4 is 4.74 Å². The lowest BCUT2D eigenvalue weighted by Crippen LogP contribution is -2.43. The van der Waals surface area contributed by atoms with Crippen molar-refractivity contribution in [2.45, 2.75) is 33.8 Å². The third kappa shape index (κ3) is 5.53. The number of esters is 1. The Morgan fingerprint density at radius 1 is 1.30 bits per heavy atom. The van der Waals surface area contributed by atoms with Gasteiger partial charge in [-0.1, -0.05) is 13.0 Å². The first-order chi connectivity index (χ1) is 10.8. The Balaban J connectivity index is 2.74. The first kappa shape index (κ1) is 19.5. The third-order valence-corrected chi connectivity index (χ3v) is 4.15. The van der Waals surface area contributed by atoms with Crippen LogP contribution in [-0.4, -0.2) is 43.1 Å². The molecule has 0 heterocycles. The average molecular weight is 386 g/mol. The van der Waals surface area contributed by atoms with Crippen LogP contribution in [0.3, 0.4) is 0 Å². The predicted octanol–water partition coefficient (Wildman–Crippen LogP) is 3.18. The fraction of sp³-hybridized carbons (Fsp3) is 0.529.